The summed E-state index contributed by atoms with van der Waals surface area (Å²) in [7, 11) is 0. The van der Waals surface area contributed by atoms with Gasteiger partial charge in [-0.2, -0.15) is 0 Å². The fourth-order valence-electron chi connectivity index (χ4n) is 2.83. The number of hydrogen-bond acceptors (Lipinski definition) is 3. The van der Waals surface area contributed by atoms with E-state index in [1.165, 1.54) is 0 Å². The smallest absolute Gasteiger partial charge is 0.227 e. The van der Waals surface area contributed by atoms with Gasteiger partial charge in [-0.1, -0.05) is 6.92 Å². The molecule has 0 aromatic heterocycles. The monoisotopic (exact) mass is 240 g/mol. The van der Waals surface area contributed by atoms with Gasteiger partial charge in [0.05, 0.1) is 11.0 Å². The average Bonchev–Trinajstić information content (AvgIpc) is 2.96. The molecule has 2 atom stereocenters. The summed E-state index contributed by atoms with van der Waals surface area (Å²) in [4.78, 5) is 12.3. The second-order valence-corrected chi connectivity index (χ2v) is 5.65. The standard InChI is InChI=1S/C13H24N2O2/c1-3-13(6-7-14-10-13)11(16)15-9-12(2)5-4-8-17-12/h14H,3-10H2,1-2H3,(H,15,16). The number of hydrogen-bond donors (Lipinski definition) is 2. The number of carbonyl (C=O) groups is 1. The van der Waals surface area contributed by atoms with Crippen molar-refractivity contribution in [3.8, 4) is 0 Å². The third-order valence-corrected chi connectivity index (χ3v) is 4.33. The van der Waals surface area contributed by atoms with Gasteiger partial charge in [-0.25, -0.2) is 0 Å². The van der Waals surface area contributed by atoms with E-state index in [1.807, 2.05) is 0 Å². The second kappa shape index (κ2) is 4.94. The summed E-state index contributed by atoms with van der Waals surface area (Å²) in [5.41, 5.74) is -0.328. The van der Waals surface area contributed by atoms with Gasteiger partial charge in [0, 0.05) is 19.7 Å². The topological polar surface area (TPSA) is 50.4 Å². The van der Waals surface area contributed by atoms with Crippen LogP contribution in [0.15, 0.2) is 0 Å². The van der Waals surface area contributed by atoms with E-state index in [1.54, 1.807) is 0 Å². The highest BCUT2D eigenvalue weighted by Crippen LogP contribution is 2.30. The first-order valence-corrected chi connectivity index (χ1v) is 6.73. The molecule has 2 unspecified atom stereocenters. The molecule has 2 aliphatic heterocycles. The average molecular weight is 240 g/mol. The minimum Gasteiger partial charge on any atom is -0.373 e. The van der Waals surface area contributed by atoms with Crippen molar-refractivity contribution < 1.29 is 9.53 Å². The lowest BCUT2D eigenvalue weighted by Crippen LogP contribution is -2.47. The number of amides is 1. The number of rotatable bonds is 4. The Morgan fingerprint density at radius 2 is 2.29 bits per heavy atom. The number of nitrogens with one attached hydrogen (secondary N) is 2. The molecule has 17 heavy (non-hydrogen) atoms. The summed E-state index contributed by atoms with van der Waals surface area (Å²) in [5.74, 6) is 0.196. The van der Waals surface area contributed by atoms with Crippen LogP contribution in [0.3, 0.4) is 0 Å². The Labute approximate surface area is 103 Å². The number of ether oxygens (including phenoxy) is 1. The Balaban J connectivity index is 1.88. The summed E-state index contributed by atoms with van der Waals surface area (Å²) < 4.78 is 5.69. The summed E-state index contributed by atoms with van der Waals surface area (Å²) in [6.45, 7) is 7.43. The third kappa shape index (κ3) is 2.63. The van der Waals surface area contributed by atoms with Gasteiger partial charge in [0.1, 0.15) is 0 Å². The second-order valence-electron chi connectivity index (χ2n) is 5.65. The van der Waals surface area contributed by atoms with E-state index in [0.29, 0.717) is 6.54 Å². The molecular weight excluding hydrogens is 216 g/mol. The van der Waals surface area contributed by atoms with Crippen LogP contribution < -0.4 is 10.6 Å². The van der Waals surface area contributed by atoms with Crippen molar-refractivity contribution in [1.82, 2.24) is 10.6 Å². The van der Waals surface area contributed by atoms with Crippen LogP contribution in [-0.2, 0) is 9.53 Å². The largest absolute Gasteiger partial charge is 0.373 e. The zero-order chi connectivity index (χ0) is 12.4. The Kier molecular flexibility index (Phi) is 3.73. The molecule has 0 aromatic carbocycles. The van der Waals surface area contributed by atoms with Gasteiger partial charge in [-0.15, -0.1) is 0 Å². The highest BCUT2D eigenvalue weighted by Gasteiger charge is 2.40. The van der Waals surface area contributed by atoms with Gasteiger partial charge >= 0.3 is 0 Å². The van der Waals surface area contributed by atoms with Crippen molar-refractivity contribution in [3.63, 3.8) is 0 Å². The SMILES string of the molecule is CCC1(C(=O)NCC2(C)CCCO2)CCNC1. The third-order valence-electron chi connectivity index (χ3n) is 4.33. The quantitative estimate of drug-likeness (QED) is 0.772. The van der Waals surface area contributed by atoms with Crippen LogP contribution in [0, 0.1) is 5.41 Å². The lowest BCUT2D eigenvalue weighted by molar-refractivity contribution is -0.131. The van der Waals surface area contributed by atoms with Gasteiger partial charge < -0.3 is 15.4 Å². The molecule has 0 aliphatic carbocycles. The molecule has 2 N–H and O–H groups in total. The van der Waals surface area contributed by atoms with E-state index in [2.05, 4.69) is 24.5 Å². The number of carbonyl (C=O) groups excluding carboxylic acids is 1. The van der Waals surface area contributed by atoms with Gasteiger partial charge in [-0.3, -0.25) is 4.79 Å². The van der Waals surface area contributed by atoms with Crippen molar-refractivity contribution in [2.45, 2.75) is 45.1 Å². The maximum absolute atomic E-state index is 12.3. The molecule has 2 saturated heterocycles. The molecule has 0 bridgehead atoms. The molecule has 2 rings (SSSR count). The Morgan fingerprint density at radius 3 is 2.82 bits per heavy atom. The molecule has 0 spiro atoms. The van der Waals surface area contributed by atoms with E-state index in [0.717, 1.165) is 45.4 Å². The van der Waals surface area contributed by atoms with Crippen LogP contribution in [0.1, 0.15) is 39.5 Å². The Hall–Kier alpha value is -0.610. The minimum absolute atomic E-state index is 0.142. The van der Waals surface area contributed by atoms with Crippen LogP contribution in [0.4, 0.5) is 0 Å². The maximum Gasteiger partial charge on any atom is 0.227 e. The lowest BCUT2D eigenvalue weighted by Gasteiger charge is -2.29. The summed E-state index contributed by atoms with van der Waals surface area (Å²) in [6, 6.07) is 0. The first-order chi connectivity index (χ1) is 8.10. The van der Waals surface area contributed by atoms with E-state index < -0.39 is 0 Å². The summed E-state index contributed by atoms with van der Waals surface area (Å²) in [6.07, 6.45) is 4.01. The maximum atomic E-state index is 12.3. The minimum atomic E-state index is -0.186. The van der Waals surface area contributed by atoms with E-state index >= 15 is 0 Å². The highest BCUT2D eigenvalue weighted by atomic mass is 16.5. The first-order valence-electron chi connectivity index (χ1n) is 6.73. The molecule has 2 fully saturated rings. The van der Waals surface area contributed by atoms with E-state index in [4.69, 9.17) is 4.74 Å². The zero-order valence-corrected chi connectivity index (χ0v) is 11.0. The van der Waals surface area contributed by atoms with Gasteiger partial charge in [0.15, 0.2) is 0 Å². The van der Waals surface area contributed by atoms with Crippen molar-refractivity contribution in [3.05, 3.63) is 0 Å². The van der Waals surface area contributed by atoms with Crippen molar-refractivity contribution in [2.24, 2.45) is 5.41 Å². The molecular formula is C13H24N2O2. The van der Waals surface area contributed by atoms with Crippen molar-refractivity contribution in [1.29, 1.82) is 0 Å². The molecule has 0 radical (unpaired) electrons. The first kappa shape index (κ1) is 12.8. The predicted molar refractivity (Wildman–Crippen MR) is 66.8 cm³/mol. The predicted octanol–water partition coefficient (Wildman–Crippen LogP) is 1.06. The Morgan fingerprint density at radius 1 is 1.47 bits per heavy atom. The van der Waals surface area contributed by atoms with Gasteiger partial charge in [0.2, 0.25) is 5.91 Å². The van der Waals surface area contributed by atoms with Gasteiger partial charge in [0.25, 0.3) is 0 Å². The van der Waals surface area contributed by atoms with Crippen LogP contribution in [0.5, 0.6) is 0 Å². The van der Waals surface area contributed by atoms with Crippen molar-refractivity contribution >= 4 is 5.91 Å². The fraction of sp³-hybridized carbons (Fsp3) is 0.923. The molecule has 4 nitrogen and oxygen atoms in total. The van der Waals surface area contributed by atoms with Crippen LogP contribution in [-0.4, -0.2) is 37.7 Å². The molecule has 0 aromatic rings. The zero-order valence-electron chi connectivity index (χ0n) is 11.0. The molecule has 0 saturated carbocycles. The normalized spacial score (nSPS) is 37.3. The van der Waals surface area contributed by atoms with Gasteiger partial charge in [-0.05, 0) is 39.2 Å². The summed E-state index contributed by atoms with van der Waals surface area (Å²) >= 11 is 0. The van der Waals surface area contributed by atoms with Crippen LogP contribution in [0.25, 0.3) is 0 Å². The molecule has 98 valence electrons. The molecule has 2 aliphatic rings. The van der Waals surface area contributed by atoms with E-state index in [-0.39, 0.29) is 16.9 Å². The van der Waals surface area contributed by atoms with Crippen molar-refractivity contribution in [2.75, 3.05) is 26.2 Å². The lowest BCUT2D eigenvalue weighted by atomic mass is 9.83. The fourth-order valence-corrected chi connectivity index (χ4v) is 2.83. The van der Waals surface area contributed by atoms with Crippen LogP contribution >= 0.6 is 0 Å². The highest BCUT2D eigenvalue weighted by molar-refractivity contribution is 5.83. The summed E-state index contributed by atoms with van der Waals surface area (Å²) in [5, 5.41) is 6.39. The Bertz CT molecular complexity index is 279. The van der Waals surface area contributed by atoms with Crippen LogP contribution in [0.2, 0.25) is 0 Å². The van der Waals surface area contributed by atoms with E-state index in [9.17, 15) is 4.79 Å². The molecule has 4 heteroatoms. The molecule has 2 heterocycles. The molecule has 1 amide bonds.